The van der Waals surface area contributed by atoms with Crippen LogP contribution in [0.5, 0.6) is 0 Å². The third kappa shape index (κ3) is 6.55. The summed E-state index contributed by atoms with van der Waals surface area (Å²) >= 11 is 0. The zero-order chi connectivity index (χ0) is 23.9. The Labute approximate surface area is 190 Å². The molecular weight excluding hydrogens is 428 g/mol. The summed E-state index contributed by atoms with van der Waals surface area (Å²) in [5.41, 5.74) is 9.77. The maximum absolute atomic E-state index is 13.3. The van der Waals surface area contributed by atoms with Crippen LogP contribution in [0, 0.1) is 5.92 Å². The fraction of sp³-hybridized carbons (Fsp3) is 0.636. The van der Waals surface area contributed by atoms with E-state index in [2.05, 4.69) is 43.9 Å². The Bertz CT molecular complexity index is 836. The lowest BCUT2D eigenvalue weighted by Gasteiger charge is -2.39. The highest BCUT2D eigenvalue weighted by Gasteiger charge is 2.43. The maximum Gasteiger partial charge on any atom is 0.416 e. The minimum Gasteiger partial charge on any atom is -0.447 e. The number of carbonyl (C=O) groups excluding carboxylic acids is 2. The van der Waals surface area contributed by atoms with Crippen LogP contribution in [0.15, 0.2) is 35.4 Å². The van der Waals surface area contributed by atoms with Crippen molar-refractivity contribution in [1.82, 2.24) is 4.90 Å². The van der Waals surface area contributed by atoms with E-state index >= 15 is 0 Å². The van der Waals surface area contributed by atoms with Gasteiger partial charge in [-0.3, -0.25) is 4.79 Å². The molecule has 0 unspecified atom stereocenters. The Morgan fingerprint density at radius 2 is 2.03 bits per heavy atom. The molecule has 2 amide bonds. The molecule has 0 spiro atoms. The van der Waals surface area contributed by atoms with Crippen molar-refractivity contribution in [1.29, 1.82) is 0 Å². The molecule has 1 saturated heterocycles. The first-order chi connectivity index (χ1) is 15.0. The number of nitrogens with zero attached hydrogens (tertiary/aromatic N) is 4. The largest absolute Gasteiger partial charge is 0.447 e. The van der Waals surface area contributed by atoms with E-state index in [1.54, 1.807) is 0 Å². The zero-order valence-corrected chi connectivity index (χ0v) is 20.5. The molecule has 0 radical (unpaired) electrons. The van der Waals surface area contributed by atoms with E-state index < -0.39 is 45.0 Å². The van der Waals surface area contributed by atoms with E-state index in [4.69, 9.17) is 14.7 Å². The molecule has 0 aromatic heterocycles. The number of carbonyl (C=O) groups is 2. The van der Waals surface area contributed by atoms with E-state index in [0.717, 1.165) is 10.5 Å². The highest BCUT2D eigenvalue weighted by molar-refractivity contribution is 6.74. The molecule has 1 fully saturated rings. The van der Waals surface area contributed by atoms with Crippen LogP contribution in [0.1, 0.15) is 32.8 Å². The van der Waals surface area contributed by atoms with Crippen molar-refractivity contribution < 1.29 is 23.9 Å². The average molecular weight is 463 g/mol. The second-order valence-electron chi connectivity index (χ2n) is 9.66. The third-order valence-electron chi connectivity index (χ3n) is 6.25. The molecule has 3 atom stereocenters. The van der Waals surface area contributed by atoms with Crippen molar-refractivity contribution in [3.05, 3.63) is 46.3 Å². The number of cyclic esters (lactones) is 1. The molecule has 176 valence electrons. The number of amides is 2. The van der Waals surface area contributed by atoms with Gasteiger partial charge in [0.25, 0.3) is 0 Å². The second-order valence-corrected chi connectivity index (χ2v) is 14.4. The van der Waals surface area contributed by atoms with Gasteiger partial charge in [0, 0.05) is 4.91 Å². The van der Waals surface area contributed by atoms with Crippen molar-refractivity contribution >= 4 is 20.3 Å². The number of imide groups is 1. The van der Waals surface area contributed by atoms with Gasteiger partial charge in [0.2, 0.25) is 5.91 Å². The van der Waals surface area contributed by atoms with Crippen LogP contribution < -0.4 is 0 Å². The van der Waals surface area contributed by atoms with Crippen molar-refractivity contribution in [3.8, 4) is 0 Å². The molecule has 1 aromatic rings. The minimum atomic E-state index is -2.22. The van der Waals surface area contributed by atoms with Gasteiger partial charge in [-0.1, -0.05) is 56.2 Å². The highest BCUT2D eigenvalue weighted by atomic mass is 28.4. The Kier molecular flexibility index (Phi) is 8.86. The van der Waals surface area contributed by atoms with Gasteiger partial charge in [0.1, 0.15) is 6.61 Å². The van der Waals surface area contributed by atoms with Crippen LogP contribution in [0.4, 0.5) is 4.79 Å². The van der Waals surface area contributed by atoms with Crippen LogP contribution in [0.3, 0.4) is 0 Å². The predicted octanol–water partition coefficient (Wildman–Crippen LogP) is 4.28. The molecule has 1 heterocycles. The number of benzene rings is 1. The van der Waals surface area contributed by atoms with Crippen LogP contribution in [-0.2, 0) is 20.4 Å². The number of hydrogen-bond donors (Lipinski definition) is 1. The molecule has 0 saturated carbocycles. The van der Waals surface area contributed by atoms with Gasteiger partial charge >= 0.3 is 6.09 Å². The second kappa shape index (κ2) is 11.0. The van der Waals surface area contributed by atoms with Crippen LogP contribution in [0.25, 0.3) is 10.4 Å². The number of hydrogen-bond acceptors (Lipinski definition) is 6. The number of azide groups is 1. The molecular formula is C22H34N4O5Si. The Hall–Kier alpha value is -2.39. The molecule has 1 aliphatic rings. The quantitative estimate of drug-likeness (QED) is 0.240. The van der Waals surface area contributed by atoms with Gasteiger partial charge in [-0.2, -0.15) is 0 Å². The van der Waals surface area contributed by atoms with Gasteiger partial charge < -0.3 is 14.3 Å². The van der Waals surface area contributed by atoms with Gasteiger partial charge in [-0.05, 0) is 42.1 Å². The Balaban J connectivity index is 2.18. The summed E-state index contributed by atoms with van der Waals surface area (Å²) in [6.45, 7) is 10.1. The minimum absolute atomic E-state index is 0.0463. The lowest BCUT2D eigenvalue weighted by Crippen LogP contribution is -2.48. The first-order valence-corrected chi connectivity index (χ1v) is 13.7. The molecule has 10 heteroatoms. The van der Waals surface area contributed by atoms with Crippen LogP contribution >= 0.6 is 0 Å². The van der Waals surface area contributed by atoms with Gasteiger partial charge in [-0.25, -0.2) is 9.69 Å². The summed E-state index contributed by atoms with van der Waals surface area (Å²) in [6.07, 6.45) is -0.632. The summed E-state index contributed by atoms with van der Waals surface area (Å²) < 4.78 is 11.5. The molecule has 0 bridgehead atoms. The number of aliphatic hydroxyl groups is 1. The molecule has 1 N–H and O–H groups in total. The van der Waals surface area contributed by atoms with Gasteiger partial charge in [0.15, 0.2) is 8.32 Å². The maximum atomic E-state index is 13.3. The summed E-state index contributed by atoms with van der Waals surface area (Å²) in [4.78, 5) is 29.6. The summed E-state index contributed by atoms with van der Waals surface area (Å²) in [7, 11) is -2.22. The fourth-order valence-electron chi connectivity index (χ4n) is 3.42. The first-order valence-electron chi connectivity index (χ1n) is 10.8. The predicted molar refractivity (Wildman–Crippen MR) is 123 cm³/mol. The van der Waals surface area contributed by atoms with Crippen LogP contribution in [0.2, 0.25) is 18.1 Å². The standard InChI is InChI=1S/C22H34N4O5Si/c1-22(2,3)32(4,5)31-19(13-24-25-23)12-17(14-27)20(28)26-18(15-30-21(26)29)11-16-9-7-6-8-10-16/h6-10,17-19,27H,11-15H2,1-5H3/t17-,18-,19-/m0/s1. The lowest BCUT2D eigenvalue weighted by atomic mass is 9.99. The average Bonchev–Trinajstić information content (AvgIpc) is 3.09. The lowest BCUT2D eigenvalue weighted by molar-refractivity contribution is -0.135. The summed E-state index contributed by atoms with van der Waals surface area (Å²) in [5, 5.41) is 13.6. The molecule has 32 heavy (non-hydrogen) atoms. The van der Waals surface area contributed by atoms with Gasteiger partial charge in [-0.15, -0.1) is 0 Å². The SMILES string of the molecule is CC(C)(C)[Si](C)(C)O[C@H](CN=[N+]=[N-])C[C@@H](CO)C(=O)N1C(=O)OC[C@@H]1Cc1ccccc1. The highest BCUT2D eigenvalue weighted by Crippen LogP contribution is 2.38. The topological polar surface area (TPSA) is 125 Å². The number of rotatable bonds is 10. The Morgan fingerprint density at radius 3 is 2.59 bits per heavy atom. The van der Waals surface area contributed by atoms with E-state index in [9.17, 15) is 14.7 Å². The number of aliphatic hydroxyl groups excluding tert-OH is 1. The molecule has 2 rings (SSSR count). The van der Waals surface area contributed by atoms with E-state index in [0.29, 0.717) is 6.42 Å². The van der Waals surface area contributed by atoms with E-state index in [-0.39, 0.29) is 24.6 Å². The van der Waals surface area contributed by atoms with E-state index in [1.165, 1.54) is 0 Å². The van der Waals surface area contributed by atoms with Gasteiger partial charge in [0.05, 0.1) is 31.2 Å². The van der Waals surface area contributed by atoms with Crippen molar-refractivity contribution in [2.75, 3.05) is 19.8 Å². The van der Waals surface area contributed by atoms with Crippen molar-refractivity contribution in [2.45, 2.75) is 63.9 Å². The van der Waals surface area contributed by atoms with Crippen molar-refractivity contribution in [2.24, 2.45) is 11.0 Å². The Morgan fingerprint density at radius 1 is 1.38 bits per heavy atom. The molecule has 1 aliphatic heterocycles. The van der Waals surface area contributed by atoms with E-state index in [1.807, 2.05) is 30.3 Å². The van der Waals surface area contributed by atoms with Crippen LogP contribution in [-0.4, -0.2) is 62.2 Å². The normalized spacial score (nSPS) is 18.6. The molecule has 9 nitrogen and oxygen atoms in total. The molecule has 0 aliphatic carbocycles. The number of ether oxygens (including phenoxy) is 1. The third-order valence-corrected chi connectivity index (χ3v) is 10.8. The zero-order valence-electron chi connectivity index (χ0n) is 19.5. The van der Waals surface area contributed by atoms with Crippen molar-refractivity contribution in [3.63, 3.8) is 0 Å². The molecule has 1 aromatic carbocycles. The summed E-state index contributed by atoms with van der Waals surface area (Å²) in [6, 6.07) is 9.11. The smallest absolute Gasteiger partial charge is 0.416 e. The monoisotopic (exact) mass is 462 g/mol. The summed E-state index contributed by atoms with van der Waals surface area (Å²) in [5.74, 6) is -1.37. The fourth-order valence-corrected chi connectivity index (χ4v) is 4.77. The first kappa shape index (κ1) is 25.9.